The summed E-state index contributed by atoms with van der Waals surface area (Å²) in [5.41, 5.74) is 1.93. The Morgan fingerprint density at radius 1 is 1.35 bits per heavy atom. The lowest BCUT2D eigenvalue weighted by Gasteiger charge is -2.23. The molecule has 3 aromatic rings. The molecule has 4 rings (SSSR count). The van der Waals surface area contributed by atoms with E-state index in [-0.39, 0.29) is 11.9 Å². The van der Waals surface area contributed by atoms with Crippen molar-refractivity contribution in [3.05, 3.63) is 59.7 Å². The van der Waals surface area contributed by atoms with Crippen LogP contribution in [-0.4, -0.2) is 37.1 Å². The van der Waals surface area contributed by atoms with Crippen LogP contribution in [0.4, 0.5) is 0 Å². The Bertz CT molecular complexity index is 981. The molecule has 1 saturated heterocycles. The van der Waals surface area contributed by atoms with Crippen LogP contribution in [-0.2, 0) is 7.05 Å². The van der Waals surface area contributed by atoms with Crippen LogP contribution >= 0.6 is 0 Å². The number of likely N-dealkylation sites (tertiary alicyclic amines) is 1. The summed E-state index contributed by atoms with van der Waals surface area (Å²) in [6.45, 7) is 0.665. The van der Waals surface area contributed by atoms with Gasteiger partial charge in [0.25, 0.3) is 5.91 Å². The fourth-order valence-electron chi connectivity index (χ4n) is 3.42. The summed E-state index contributed by atoms with van der Waals surface area (Å²) in [5.74, 6) is 1.24. The summed E-state index contributed by atoms with van der Waals surface area (Å²) in [5, 5.41) is 16.4. The van der Waals surface area contributed by atoms with Gasteiger partial charge in [0, 0.05) is 25.4 Å². The minimum atomic E-state index is -0.132. The number of aryl methyl sites for hydroxylation is 1. The summed E-state index contributed by atoms with van der Waals surface area (Å²) >= 11 is 0. The number of nitrogens with one attached hydrogen (secondary N) is 1. The Kier molecular flexibility index (Phi) is 4.01. The van der Waals surface area contributed by atoms with Crippen molar-refractivity contribution >= 4 is 5.91 Å². The second-order valence-corrected chi connectivity index (χ2v) is 6.40. The monoisotopic (exact) mass is 346 g/mol. The smallest absolute Gasteiger partial charge is 0.271 e. The van der Waals surface area contributed by atoms with Gasteiger partial charge in [0.2, 0.25) is 0 Å². The second kappa shape index (κ2) is 6.48. The fraction of sp³-hybridized carbons (Fsp3) is 0.263. The van der Waals surface area contributed by atoms with Crippen molar-refractivity contribution in [2.24, 2.45) is 7.05 Å². The molecule has 1 aliphatic heterocycles. The molecule has 3 heterocycles. The van der Waals surface area contributed by atoms with Gasteiger partial charge in [-0.25, -0.2) is 4.98 Å². The summed E-state index contributed by atoms with van der Waals surface area (Å²) in [7, 11) is 1.78. The predicted molar refractivity (Wildman–Crippen MR) is 95.0 cm³/mol. The van der Waals surface area contributed by atoms with E-state index in [4.69, 9.17) is 5.26 Å². The van der Waals surface area contributed by atoms with Crippen LogP contribution in [0.25, 0.3) is 11.4 Å². The van der Waals surface area contributed by atoms with Crippen molar-refractivity contribution in [3.8, 4) is 17.5 Å². The maximum atomic E-state index is 13.0. The molecule has 7 nitrogen and oxygen atoms in total. The van der Waals surface area contributed by atoms with Crippen LogP contribution in [0.2, 0.25) is 0 Å². The van der Waals surface area contributed by atoms with E-state index in [1.54, 1.807) is 23.9 Å². The van der Waals surface area contributed by atoms with E-state index in [9.17, 15) is 4.79 Å². The molecule has 1 N–H and O–H groups in total. The van der Waals surface area contributed by atoms with Gasteiger partial charge in [0.1, 0.15) is 17.6 Å². The SMILES string of the molecule is Cn1cc(C#N)cc1C(=O)N1CCC[C@H]1c1nc(-c2ccccc2)n[nH]1. The molecule has 0 spiro atoms. The average molecular weight is 346 g/mol. The highest BCUT2D eigenvalue weighted by atomic mass is 16.2. The third kappa shape index (κ3) is 2.75. The number of aromatic nitrogens is 4. The quantitative estimate of drug-likeness (QED) is 0.789. The first-order chi connectivity index (χ1) is 12.7. The molecular weight excluding hydrogens is 328 g/mol. The van der Waals surface area contributed by atoms with Crippen molar-refractivity contribution in [3.63, 3.8) is 0 Å². The predicted octanol–water partition coefficient (Wildman–Crippen LogP) is 2.66. The number of carbonyl (C=O) groups is 1. The van der Waals surface area contributed by atoms with E-state index in [2.05, 4.69) is 21.3 Å². The molecular formula is C19H18N6O. The number of hydrogen-bond acceptors (Lipinski definition) is 4. The summed E-state index contributed by atoms with van der Waals surface area (Å²) < 4.78 is 1.70. The van der Waals surface area contributed by atoms with Crippen molar-refractivity contribution < 1.29 is 4.79 Å². The van der Waals surface area contributed by atoms with Crippen LogP contribution in [0.5, 0.6) is 0 Å². The van der Waals surface area contributed by atoms with Gasteiger partial charge in [-0.15, -0.1) is 0 Å². The van der Waals surface area contributed by atoms with E-state index in [0.717, 1.165) is 18.4 Å². The number of aromatic amines is 1. The maximum Gasteiger partial charge on any atom is 0.271 e. The lowest BCUT2D eigenvalue weighted by atomic mass is 10.2. The van der Waals surface area contributed by atoms with Gasteiger partial charge in [0.15, 0.2) is 5.82 Å². The van der Waals surface area contributed by atoms with Crippen LogP contribution in [0.1, 0.15) is 40.8 Å². The van der Waals surface area contributed by atoms with E-state index in [0.29, 0.717) is 29.5 Å². The highest BCUT2D eigenvalue weighted by Crippen LogP contribution is 2.32. The van der Waals surface area contributed by atoms with E-state index in [1.807, 2.05) is 35.2 Å². The first-order valence-electron chi connectivity index (χ1n) is 8.52. The number of carbonyl (C=O) groups excluding carboxylic acids is 1. The third-order valence-corrected chi connectivity index (χ3v) is 4.72. The zero-order valence-electron chi connectivity index (χ0n) is 14.4. The Hall–Kier alpha value is -3.40. The van der Waals surface area contributed by atoms with Crippen molar-refractivity contribution in [1.29, 1.82) is 5.26 Å². The normalized spacial score (nSPS) is 16.6. The highest BCUT2D eigenvalue weighted by molar-refractivity contribution is 5.93. The van der Waals surface area contributed by atoms with Crippen LogP contribution < -0.4 is 0 Å². The van der Waals surface area contributed by atoms with Crippen molar-refractivity contribution in [2.75, 3.05) is 6.54 Å². The Morgan fingerprint density at radius 3 is 2.88 bits per heavy atom. The molecule has 0 bridgehead atoms. The molecule has 7 heteroatoms. The maximum absolute atomic E-state index is 13.0. The first kappa shape index (κ1) is 16.1. The molecule has 0 aliphatic carbocycles. The largest absolute Gasteiger partial charge is 0.345 e. The Labute approximate surface area is 150 Å². The third-order valence-electron chi connectivity index (χ3n) is 4.72. The number of amides is 1. The van der Waals surface area contributed by atoms with Gasteiger partial charge < -0.3 is 9.47 Å². The van der Waals surface area contributed by atoms with Gasteiger partial charge in [-0.05, 0) is 18.9 Å². The van der Waals surface area contributed by atoms with E-state index in [1.165, 1.54) is 0 Å². The van der Waals surface area contributed by atoms with Crippen LogP contribution in [0.3, 0.4) is 0 Å². The first-order valence-corrected chi connectivity index (χ1v) is 8.52. The molecule has 0 unspecified atom stereocenters. The number of hydrogen-bond donors (Lipinski definition) is 1. The lowest BCUT2D eigenvalue weighted by Crippen LogP contribution is -2.32. The lowest BCUT2D eigenvalue weighted by molar-refractivity contribution is 0.0720. The molecule has 0 radical (unpaired) electrons. The molecule has 0 saturated carbocycles. The zero-order chi connectivity index (χ0) is 18.1. The minimum absolute atomic E-state index is 0.0887. The topological polar surface area (TPSA) is 90.6 Å². The zero-order valence-corrected chi connectivity index (χ0v) is 14.4. The van der Waals surface area contributed by atoms with Gasteiger partial charge in [-0.2, -0.15) is 10.4 Å². The summed E-state index contributed by atoms with van der Waals surface area (Å²) in [6.07, 6.45) is 3.41. The molecule has 1 fully saturated rings. The van der Waals surface area contributed by atoms with Crippen molar-refractivity contribution in [2.45, 2.75) is 18.9 Å². The molecule has 1 aromatic carbocycles. The van der Waals surface area contributed by atoms with E-state index >= 15 is 0 Å². The number of benzene rings is 1. The molecule has 1 amide bonds. The molecule has 2 aromatic heterocycles. The molecule has 1 aliphatic rings. The van der Waals surface area contributed by atoms with Gasteiger partial charge >= 0.3 is 0 Å². The summed E-state index contributed by atoms with van der Waals surface area (Å²) in [6, 6.07) is 13.3. The standard InChI is InChI=1S/C19H18N6O/c1-24-12-13(11-20)10-16(24)19(26)25-9-5-8-15(25)18-21-17(22-23-18)14-6-3-2-4-7-14/h2-4,6-7,10,12,15H,5,8-9H2,1H3,(H,21,22,23)/t15-/m0/s1. The second-order valence-electron chi connectivity index (χ2n) is 6.40. The Balaban J connectivity index is 1.61. The average Bonchev–Trinajstić information content (AvgIpc) is 3.40. The number of nitriles is 1. The minimum Gasteiger partial charge on any atom is -0.345 e. The van der Waals surface area contributed by atoms with Crippen molar-refractivity contribution in [1.82, 2.24) is 24.6 Å². The Morgan fingerprint density at radius 2 is 2.15 bits per heavy atom. The molecule has 1 atom stereocenters. The van der Waals surface area contributed by atoms with Gasteiger partial charge in [-0.3, -0.25) is 9.89 Å². The van der Waals surface area contributed by atoms with Gasteiger partial charge in [0.05, 0.1) is 11.6 Å². The van der Waals surface area contributed by atoms with Crippen LogP contribution in [0, 0.1) is 11.3 Å². The van der Waals surface area contributed by atoms with Crippen LogP contribution in [0.15, 0.2) is 42.6 Å². The molecule has 130 valence electrons. The number of H-pyrrole nitrogens is 1. The number of rotatable bonds is 3. The summed E-state index contributed by atoms with van der Waals surface area (Å²) in [4.78, 5) is 19.4. The van der Waals surface area contributed by atoms with Gasteiger partial charge in [-0.1, -0.05) is 30.3 Å². The fourth-order valence-corrected chi connectivity index (χ4v) is 3.42. The highest BCUT2D eigenvalue weighted by Gasteiger charge is 2.34. The number of nitrogens with zero attached hydrogens (tertiary/aromatic N) is 5. The molecule has 26 heavy (non-hydrogen) atoms. The van der Waals surface area contributed by atoms with E-state index < -0.39 is 0 Å².